The molecule has 17 heavy (non-hydrogen) atoms. The highest BCUT2D eigenvalue weighted by molar-refractivity contribution is 5.34. The molecule has 0 amide bonds. The van der Waals surface area contributed by atoms with Gasteiger partial charge in [-0.15, -0.1) is 0 Å². The van der Waals surface area contributed by atoms with Crippen molar-refractivity contribution in [2.45, 2.75) is 52.0 Å². The van der Waals surface area contributed by atoms with E-state index >= 15 is 0 Å². The average molecular weight is 231 g/mol. The summed E-state index contributed by atoms with van der Waals surface area (Å²) in [6.45, 7) is 7.93. The van der Waals surface area contributed by atoms with Gasteiger partial charge < -0.3 is 5.32 Å². The molecule has 1 nitrogen and oxygen atoms in total. The molecule has 1 aromatic carbocycles. The van der Waals surface area contributed by atoms with Crippen molar-refractivity contribution in [1.82, 2.24) is 5.32 Å². The molecule has 94 valence electrons. The van der Waals surface area contributed by atoms with Gasteiger partial charge in [-0.2, -0.15) is 0 Å². The van der Waals surface area contributed by atoms with E-state index in [9.17, 15) is 0 Å². The molecule has 0 heterocycles. The van der Waals surface area contributed by atoms with Crippen LogP contribution in [0.15, 0.2) is 24.3 Å². The third-order valence-corrected chi connectivity index (χ3v) is 4.42. The Morgan fingerprint density at radius 3 is 2.71 bits per heavy atom. The van der Waals surface area contributed by atoms with Gasteiger partial charge in [0, 0.05) is 5.54 Å². The molecule has 0 bridgehead atoms. The molecule has 0 saturated heterocycles. The first-order valence-corrected chi connectivity index (χ1v) is 7.02. The SMILES string of the molecule is CCN[C@@]1(c2ccccc2C)CCCCC1C. The van der Waals surface area contributed by atoms with Crippen molar-refractivity contribution in [2.24, 2.45) is 5.92 Å². The van der Waals surface area contributed by atoms with Crippen LogP contribution in [0.5, 0.6) is 0 Å². The third kappa shape index (κ3) is 2.26. The Morgan fingerprint density at radius 2 is 2.06 bits per heavy atom. The first-order chi connectivity index (χ1) is 8.20. The highest BCUT2D eigenvalue weighted by atomic mass is 15.0. The molecule has 1 aromatic rings. The van der Waals surface area contributed by atoms with E-state index in [1.54, 1.807) is 0 Å². The molecule has 0 aromatic heterocycles. The van der Waals surface area contributed by atoms with E-state index in [1.807, 2.05) is 0 Å². The molecule has 1 unspecified atom stereocenters. The normalized spacial score (nSPS) is 29.2. The monoisotopic (exact) mass is 231 g/mol. The summed E-state index contributed by atoms with van der Waals surface area (Å²) in [5.41, 5.74) is 3.18. The molecule has 0 spiro atoms. The predicted octanol–water partition coefficient (Wildman–Crippen LogP) is 4.01. The second-order valence-electron chi connectivity index (χ2n) is 5.46. The maximum Gasteiger partial charge on any atom is 0.0463 e. The molecular weight excluding hydrogens is 206 g/mol. The van der Waals surface area contributed by atoms with Gasteiger partial charge in [0.25, 0.3) is 0 Å². The van der Waals surface area contributed by atoms with Crippen LogP contribution in [0, 0.1) is 12.8 Å². The van der Waals surface area contributed by atoms with Crippen LogP contribution in [0.25, 0.3) is 0 Å². The fourth-order valence-corrected chi connectivity index (χ4v) is 3.49. The minimum atomic E-state index is 0.221. The first kappa shape index (κ1) is 12.6. The fraction of sp³-hybridized carbons (Fsp3) is 0.625. The van der Waals surface area contributed by atoms with Gasteiger partial charge in [-0.1, -0.05) is 51.0 Å². The number of hydrogen-bond donors (Lipinski definition) is 1. The van der Waals surface area contributed by atoms with Gasteiger partial charge >= 0.3 is 0 Å². The summed E-state index contributed by atoms with van der Waals surface area (Å²) in [6.07, 6.45) is 5.38. The summed E-state index contributed by atoms with van der Waals surface area (Å²) in [6, 6.07) is 8.89. The van der Waals surface area contributed by atoms with Crippen LogP contribution in [0.2, 0.25) is 0 Å². The lowest BCUT2D eigenvalue weighted by Gasteiger charge is -2.45. The van der Waals surface area contributed by atoms with E-state index in [0.717, 1.165) is 12.5 Å². The van der Waals surface area contributed by atoms with Gasteiger partial charge in [0.2, 0.25) is 0 Å². The zero-order valence-electron chi connectivity index (χ0n) is 11.4. The van der Waals surface area contributed by atoms with Gasteiger partial charge in [-0.25, -0.2) is 0 Å². The molecule has 1 N–H and O–H groups in total. The molecule has 2 rings (SSSR count). The maximum absolute atomic E-state index is 3.80. The minimum Gasteiger partial charge on any atom is -0.307 e. The third-order valence-electron chi connectivity index (χ3n) is 4.42. The van der Waals surface area contributed by atoms with Crippen LogP contribution in [0.3, 0.4) is 0 Å². The molecule has 1 aliphatic carbocycles. The Morgan fingerprint density at radius 1 is 1.29 bits per heavy atom. The van der Waals surface area contributed by atoms with E-state index in [0.29, 0.717) is 0 Å². The van der Waals surface area contributed by atoms with Crippen LogP contribution in [-0.2, 0) is 5.54 Å². The van der Waals surface area contributed by atoms with Crippen molar-refractivity contribution >= 4 is 0 Å². The quantitative estimate of drug-likeness (QED) is 0.829. The maximum atomic E-state index is 3.80. The van der Waals surface area contributed by atoms with E-state index in [-0.39, 0.29) is 5.54 Å². The largest absolute Gasteiger partial charge is 0.307 e. The first-order valence-electron chi connectivity index (χ1n) is 7.02. The summed E-state index contributed by atoms with van der Waals surface area (Å²) in [5.74, 6) is 0.734. The van der Waals surface area contributed by atoms with Gasteiger partial charge in [-0.3, -0.25) is 0 Å². The van der Waals surface area contributed by atoms with Crippen LogP contribution in [-0.4, -0.2) is 6.54 Å². The summed E-state index contributed by atoms with van der Waals surface area (Å²) in [4.78, 5) is 0. The van der Waals surface area contributed by atoms with Crippen molar-refractivity contribution in [3.8, 4) is 0 Å². The van der Waals surface area contributed by atoms with Gasteiger partial charge in [-0.05, 0) is 43.4 Å². The Kier molecular flexibility index (Phi) is 3.88. The van der Waals surface area contributed by atoms with Crippen LogP contribution < -0.4 is 5.32 Å². The Balaban J connectivity index is 2.43. The lowest BCUT2D eigenvalue weighted by Crippen LogP contribution is -2.49. The topological polar surface area (TPSA) is 12.0 Å². The van der Waals surface area contributed by atoms with Crippen LogP contribution >= 0.6 is 0 Å². The van der Waals surface area contributed by atoms with Gasteiger partial charge in [0.15, 0.2) is 0 Å². The number of benzene rings is 1. The van der Waals surface area contributed by atoms with E-state index < -0.39 is 0 Å². The molecule has 1 aliphatic rings. The van der Waals surface area contributed by atoms with Gasteiger partial charge in [0.1, 0.15) is 0 Å². The summed E-state index contributed by atoms with van der Waals surface area (Å²) in [7, 11) is 0. The van der Waals surface area contributed by atoms with E-state index in [4.69, 9.17) is 0 Å². The van der Waals surface area contributed by atoms with Crippen LogP contribution in [0.4, 0.5) is 0 Å². The predicted molar refractivity (Wildman–Crippen MR) is 74.2 cm³/mol. The van der Waals surface area contributed by atoms with E-state index in [1.165, 1.54) is 36.8 Å². The van der Waals surface area contributed by atoms with Crippen molar-refractivity contribution < 1.29 is 0 Å². The molecule has 1 fully saturated rings. The molecule has 0 radical (unpaired) electrons. The highest BCUT2D eigenvalue weighted by Crippen LogP contribution is 2.42. The standard InChI is InChI=1S/C16H25N/c1-4-17-16(12-8-7-10-14(16)3)15-11-6-5-9-13(15)2/h5-6,9,11,14,17H,4,7-8,10,12H2,1-3H3/t14?,16-/m0/s1. The zero-order valence-corrected chi connectivity index (χ0v) is 11.4. The zero-order chi connectivity index (χ0) is 12.3. The van der Waals surface area contributed by atoms with Crippen molar-refractivity contribution in [2.75, 3.05) is 6.54 Å². The van der Waals surface area contributed by atoms with Crippen LogP contribution in [0.1, 0.15) is 50.7 Å². The Bertz CT molecular complexity index is 368. The lowest BCUT2D eigenvalue weighted by molar-refractivity contribution is 0.156. The second kappa shape index (κ2) is 5.22. The van der Waals surface area contributed by atoms with Crippen molar-refractivity contribution in [1.29, 1.82) is 0 Å². The summed E-state index contributed by atoms with van der Waals surface area (Å²) < 4.78 is 0. The van der Waals surface area contributed by atoms with Gasteiger partial charge in [0.05, 0.1) is 0 Å². The van der Waals surface area contributed by atoms with Crippen molar-refractivity contribution in [3.63, 3.8) is 0 Å². The molecule has 2 atom stereocenters. The summed E-state index contributed by atoms with van der Waals surface area (Å²) >= 11 is 0. The molecular formula is C16H25N. The summed E-state index contributed by atoms with van der Waals surface area (Å²) in [5, 5.41) is 3.80. The minimum absolute atomic E-state index is 0.221. The highest BCUT2D eigenvalue weighted by Gasteiger charge is 2.39. The lowest BCUT2D eigenvalue weighted by atomic mass is 9.68. The fourth-order valence-electron chi connectivity index (χ4n) is 3.49. The Hall–Kier alpha value is -0.820. The molecule has 0 aliphatic heterocycles. The second-order valence-corrected chi connectivity index (χ2v) is 5.46. The van der Waals surface area contributed by atoms with Crippen molar-refractivity contribution in [3.05, 3.63) is 35.4 Å². The number of hydrogen-bond acceptors (Lipinski definition) is 1. The average Bonchev–Trinajstić information content (AvgIpc) is 2.33. The molecule has 1 saturated carbocycles. The number of rotatable bonds is 3. The van der Waals surface area contributed by atoms with E-state index in [2.05, 4.69) is 50.4 Å². The Labute approximate surface area is 106 Å². The number of nitrogens with one attached hydrogen (secondary N) is 1. The smallest absolute Gasteiger partial charge is 0.0463 e. The molecule has 1 heteroatoms. The number of aryl methyl sites for hydroxylation is 1.